The molecule has 3 aromatic rings. The van der Waals surface area contributed by atoms with Crippen molar-refractivity contribution >= 4 is 0 Å². The van der Waals surface area contributed by atoms with E-state index < -0.39 is 0 Å². The molecule has 1 heterocycles. The molecule has 0 aliphatic heterocycles. The van der Waals surface area contributed by atoms with Crippen LogP contribution in [0, 0.1) is 41.5 Å². The van der Waals surface area contributed by atoms with Gasteiger partial charge in [0.05, 0.1) is 0 Å². The summed E-state index contributed by atoms with van der Waals surface area (Å²) in [6.07, 6.45) is 0. The Morgan fingerprint density at radius 2 is 0.889 bits per heavy atom. The van der Waals surface area contributed by atoms with E-state index in [1.807, 2.05) is 0 Å². The van der Waals surface area contributed by atoms with Crippen molar-refractivity contribution in [1.29, 1.82) is 0 Å². The van der Waals surface area contributed by atoms with Crippen molar-refractivity contribution < 1.29 is 0 Å². The van der Waals surface area contributed by atoms with Crippen molar-refractivity contribution in [3.05, 3.63) is 63.5 Å². The van der Waals surface area contributed by atoms with Gasteiger partial charge in [0.25, 0.3) is 0 Å². The maximum Gasteiger partial charge on any atom is 0.163 e. The molecular weight excluding hydrogens is 330 g/mol. The van der Waals surface area contributed by atoms with E-state index in [1.54, 1.807) is 0 Å². The first-order chi connectivity index (χ1) is 12.7. The first kappa shape index (κ1) is 19.2. The number of aromatic nitrogens is 3. The highest BCUT2D eigenvalue weighted by atomic mass is 15.0. The summed E-state index contributed by atoms with van der Waals surface area (Å²) in [7, 11) is 0. The second-order valence-electron chi connectivity index (χ2n) is 7.97. The zero-order chi connectivity index (χ0) is 19.9. The van der Waals surface area contributed by atoms with Crippen LogP contribution in [0.25, 0.3) is 22.8 Å². The van der Waals surface area contributed by atoms with Crippen molar-refractivity contribution in [2.24, 2.45) is 0 Å². The van der Waals surface area contributed by atoms with E-state index in [0.29, 0.717) is 0 Å². The third-order valence-electron chi connectivity index (χ3n) is 5.54. The zero-order valence-electron chi connectivity index (χ0n) is 17.7. The molecule has 27 heavy (non-hydrogen) atoms. The Morgan fingerprint density at radius 3 is 1.19 bits per heavy atom. The topological polar surface area (TPSA) is 38.7 Å². The summed E-state index contributed by atoms with van der Waals surface area (Å²) in [6.45, 7) is 17.1. The molecule has 0 N–H and O–H groups in total. The molecule has 3 rings (SSSR count). The number of hydrogen-bond acceptors (Lipinski definition) is 3. The van der Waals surface area contributed by atoms with Gasteiger partial charge in [-0.15, -0.1) is 0 Å². The largest absolute Gasteiger partial charge is 0.213 e. The molecule has 0 saturated carbocycles. The predicted octanol–water partition coefficient (Wildman–Crippen LogP) is 6.18. The van der Waals surface area contributed by atoms with Gasteiger partial charge >= 0.3 is 0 Å². The number of aryl methyl sites for hydroxylation is 4. The van der Waals surface area contributed by atoms with Crippen LogP contribution in [-0.4, -0.2) is 15.0 Å². The molecule has 0 aliphatic rings. The van der Waals surface area contributed by atoms with Gasteiger partial charge in [0.1, 0.15) is 5.82 Å². The summed E-state index contributed by atoms with van der Waals surface area (Å²) in [5.74, 6) is 2.59. The highest BCUT2D eigenvalue weighted by Crippen LogP contribution is 2.27. The van der Waals surface area contributed by atoms with Gasteiger partial charge in [-0.2, -0.15) is 0 Å². The molecule has 0 radical (unpaired) electrons. The molecule has 0 atom stereocenters. The van der Waals surface area contributed by atoms with Crippen LogP contribution in [0.4, 0.5) is 0 Å². The van der Waals surface area contributed by atoms with Gasteiger partial charge in [-0.25, -0.2) is 15.0 Å². The summed E-state index contributed by atoms with van der Waals surface area (Å²) in [6, 6.07) is 8.71. The number of benzene rings is 2. The first-order valence-electron chi connectivity index (χ1n) is 9.59. The molecule has 140 valence electrons. The van der Waals surface area contributed by atoms with Crippen LogP contribution in [0.5, 0.6) is 0 Å². The van der Waals surface area contributed by atoms with E-state index in [4.69, 9.17) is 15.0 Å². The van der Waals surface area contributed by atoms with Crippen LogP contribution in [0.1, 0.15) is 59.0 Å². The fourth-order valence-electron chi connectivity index (χ4n) is 3.24. The molecule has 0 unspecified atom stereocenters. The summed E-state index contributed by atoms with van der Waals surface area (Å²) >= 11 is 0. The second-order valence-corrected chi connectivity index (χ2v) is 7.97. The molecular formula is C24H29N3. The highest BCUT2D eigenvalue weighted by Gasteiger charge is 2.15. The van der Waals surface area contributed by atoms with E-state index in [-0.39, 0.29) is 5.92 Å². The van der Waals surface area contributed by atoms with Crippen LogP contribution < -0.4 is 0 Å². The van der Waals surface area contributed by atoms with Crippen LogP contribution in [0.15, 0.2) is 24.3 Å². The monoisotopic (exact) mass is 359 g/mol. The summed E-state index contributed by atoms with van der Waals surface area (Å²) in [4.78, 5) is 14.4. The third kappa shape index (κ3) is 3.78. The van der Waals surface area contributed by atoms with Crippen LogP contribution >= 0.6 is 0 Å². The fourth-order valence-corrected chi connectivity index (χ4v) is 3.24. The van der Waals surface area contributed by atoms with Gasteiger partial charge in [-0.3, -0.25) is 0 Å². The number of hydrogen-bond donors (Lipinski definition) is 0. The average molecular weight is 360 g/mol. The lowest BCUT2D eigenvalue weighted by molar-refractivity contribution is 0.765. The van der Waals surface area contributed by atoms with Gasteiger partial charge in [0.2, 0.25) is 0 Å². The van der Waals surface area contributed by atoms with Gasteiger partial charge in [0, 0.05) is 17.0 Å². The van der Waals surface area contributed by atoms with E-state index in [2.05, 4.69) is 79.7 Å². The normalized spacial score (nSPS) is 11.3. The molecule has 3 nitrogen and oxygen atoms in total. The third-order valence-corrected chi connectivity index (χ3v) is 5.54. The van der Waals surface area contributed by atoms with Crippen molar-refractivity contribution in [3.63, 3.8) is 0 Å². The standard InChI is InChI=1S/C24H29N3/c1-13(2)22-25-23(20-9-14(3)18(7)15(4)10-20)27-24(26-22)21-11-16(5)19(8)17(6)12-21/h9-13H,1-8H3. The van der Waals surface area contributed by atoms with E-state index >= 15 is 0 Å². The Balaban J connectivity index is 2.23. The SMILES string of the molecule is Cc1cc(-c2nc(-c3cc(C)c(C)c(C)c3)nc(C(C)C)n2)cc(C)c1C. The fraction of sp³-hybridized carbons (Fsp3) is 0.375. The summed E-state index contributed by atoms with van der Waals surface area (Å²) in [5.41, 5.74) is 9.81. The molecule has 0 saturated heterocycles. The Labute approximate surface area is 162 Å². The Hall–Kier alpha value is -2.55. The maximum atomic E-state index is 4.86. The minimum Gasteiger partial charge on any atom is -0.213 e. The Morgan fingerprint density at radius 1 is 0.556 bits per heavy atom. The van der Waals surface area contributed by atoms with Crippen molar-refractivity contribution in [2.45, 2.75) is 61.3 Å². The lowest BCUT2D eigenvalue weighted by atomic mass is 9.99. The minimum atomic E-state index is 0.241. The Bertz CT molecular complexity index is 894. The Kier molecular flexibility index (Phi) is 5.14. The van der Waals surface area contributed by atoms with Crippen LogP contribution in [-0.2, 0) is 0 Å². The molecule has 2 aromatic carbocycles. The maximum absolute atomic E-state index is 4.86. The molecule has 1 aromatic heterocycles. The molecule has 0 spiro atoms. The molecule has 0 amide bonds. The van der Waals surface area contributed by atoms with Crippen molar-refractivity contribution in [1.82, 2.24) is 15.0 Å². The summed E-state index contributed by atoms with van der Waals surface area (Å²) < 4.78 is 0. The number of rotatable bonds is 3. The number of nitrogens with zero attached hydrogens (tertiary/aromatic N) is 3. The van der Waals surface area contributed by atoms with E-state index in [9.17, 15) is 0 Å². The molecule has 0 bridgehead atoms. The van der Waals surface area contributed by atoms with Crippen molar-refractivity contribution in [2.75, 3.05) is 0 Å². The van der Waals surface area contributed by atoms with Crippen LogP contribution in [0.3, 0.4) is 0 Å². The quantitative estimate of drug-likeness (QED) is 0.560. The molecule has 3 heteroatoms. The predicted molar refractivity (Wildman–Crippen MR) is 113 cm³/mol. The smallest absolute Gasteiger partial charge is 0.163 e. The summed E-state index contributed by atoms with van der Waals surface area (Å²) in [5, 5.41) is 0. The lowest BCUT2D eigenvalue weighted by Gasteiger charge is -2.13. The van der Waals surface area contributed by atoms with E-state index in [1.165, 1.54) is 33.4 Å². The molecule has 0 fully saturated rings. The van der Waals surface area contributed by atoms with Gasteiger partial charge in [-0.1, -0.05) is 13.8 Å². The second kappa shape index (κ2) is 7.22. The van der Waals surface area contributed by atoms with Crippen LogP contribution in [0.2, 0.25) is 0 Å². The molecule has 0 aliphatic carbocycles. The van der Waals surface area contributed by atoms with Gasteiger partial charge in [-0.05, 0) is 99.2 Å². The zero-order valence-corrected chi connectivity index (χ0v) is 17.7. The lowest BCUT2D eigenvalue weighted by Crippen LogP contribution is -2.05. The van der Waals surface area contributed by atoms with E-state index in [0.717, 1.165) is 28.6 Å². The highest BCUT2D eigenvalue weighted by molar-refractivity contribution is 5.64. The van der Waals surface area contributed by atoms with Gasteiger partial charge < -0.3 is 0 Å². The van der Waals surface area contributed by atoms with Gasteiger partial charge in [0.15, 0.2) is 11.6 Å². The average Bonchev–Trinajstić information content (AvgIpc) is 2.62. The minimum absolute atomic E-state index is 0.241. The first-order valence-corrected chi connectivity index (χ1v) is 9.59. The van der Waals surface area contributed by atoms with Crippen molar-refractivity contribution in [3.8, 4) is 22.8 Å².